The molecule has 0 aromatic heterocycles. The van der Waals surface area contributed by atoms with E-state index in [1.807, 2.05) is 24.3 Å². The number of rotatable bonds is 7. The molecule has 2 aliphatic rings. The van der Waals surface area contributed by atoms with Gasteiger partial charge < -0.3 is 19.3 Å². The molecule has 4 nitrogen and oxygen atoms in total. The maximum absolute atomic E-state index is 9.26. The van der Waals surface area contributed by atoms with Crippen molar-refractivity contribution in [3.8, 4) is 39.5 Å². The van der Waals surface area contributed by atoms with E-state index >= 15 is 0 Å². The van der Waals surface area contributed by atoms with E-state index in [0.29, 0.717) is 5.75 Å². The van der Waals surface area contributed by atoms with Crippen molar-refractivity contribution in [1.82, 2.24) is 0 Å². The van der Waals surface area contributed by atoms with Crippen LogP contribution in [0.25, 0.3) is 39.1 Å². The first-order valence-electron chi connectivity index (χ1n) is 16.1. The van der Waals surface area contributed by atoms with Crippen molar-refractivity contribution >= 4 is 16.8 Å². The number of benzene rings is 6. The molecule has 0 fully saturated rings. The Labute approximate surface area is 275 Å². The second-order valence-electron chi connectivity index (χ2n) is 12.8. The highest BCUT2D eigenvalue weighted by molar-refractivity contribution is 6.09. The Kier molecular flexibility index (Phi) is 6.93. The van der Waals surface area contributed by atoms with Gasteiger partial charge in [0.2, 0.25) is 0 Å². The zero-order valence-electron chi connectivity index (χ0n) is 26.8. The Morgan fingerprint density at radius 2 is 1.40 bits per heavy atom. The van der Waals surface area contributed by atoms with E-state index in [-0.39, 0.29) is 18.6 Å². The number of fused-ring (bicyclic) bond motifs is 8. The van der Waals surface area contributed by atoms with Crippen molar-refractivity contribution < 1.29 is 19.3 Å². The van der Waals surface area contributed by atoms with Gasteiger partial charge in [0.25, 0.3) is 0 Å². The summed E-state index contributed by atoms with van der Waals surface area (Å²) in [7, 11) is 1.71. The van der Waals surface area contributed by atoms with Gasteiger partial charge >= 0.3 is 0 Å². The van der Waals surface area contributed by atoms with Crippen molar-refractivity contribution in [2.45, 2.75) is 24.9 Å². The second-order valence-corrected chi connectivity index (χ2v) is 12.8. The van der Waals surface area contributed by atoms with Gasteiger partial charge in [0.15, 0.2) is 5.60 Å². The highest BCUT2D eigenvalue weighted by Crippen LogP contribution is 2.58. The second kappa shape index (κ2) is 11.2. The Morgan fingerprint density at radius 3 is 2.13 bits per heavy atom. The fourth-order valence-corrected chi connectivity index (χ4v) is 7.53. The molecule has 1 atom stereocenters. The molecule has 0 spiro atoms. The first-order chi connectivity index (χ1) is 22.9. The van der Waals surface area contributed by atoms with Gasteiger partial charge in [-0.1, -0.05) is 105 Å². The van der Waals surface area contributed by atoms with Crippen molar-refractivity contribution in [2.24, 2.45) is 0 Å². The molecular formula is C43H36O4. The molecule has 0 bridgehead atoms. The average molecular weight is 617 g/mol. The van der Waals surface area contributed by atoms with Crippen molar-refractivity contribution in [3.05, 3.63) is 155 Å². The van der Waals surface area contributed by atoms with Crippen molar-refractivity contribution in [3.63, 3.8) is 0 Å². The van der Waals surface area contributed by atoms with Crippen molar-refractivity contribution in [2.75, 3.05) is 20.3 Å². The standard InChI is InChI=1S/C43H36O4/c1-42(2)38-26-29(28-10-6-4-7-11-28)14-20-35(38)39-34-21-19-33(45-3)27-37(34)41-36(40(39)42)22-23-43(47-41,30-12-8-5-9-13-30)31-15-17-32(18-16-31)46-25-24-44/h4-23,26-27,44H,24-25H2,1-3H3. The van der Waals surface area contributed by atoms with E-state index in [0.717, 1.165) is 39.0 Å². The number of methoxy groups -OCH3 is 1. The molecule has 6 aromatic carbocycles. The van der Waals surface area contributed by atoms with Crippen LogP contribution in [0.2, 0.25) is 0 Å². The van der Waals surface area contributed by atoms with Crippen LogP contribution in [0.1, 0.15) is 41.7 Å². The van der Waals surface area contributed by atoms with Crippen LogP contribution in [0.4, 0.5) is 0 Å². The van der Waals surface area contributed by atoms with Gasteiger partial charge in [-0.15, -0.1) is 0 Å². The average Bonchev–Trinajstić information content (AvgIpc) is 3.37. The van der Waals surface area contributed by atoms with E-state index < -0.39 is 5.60 Å². The fraction of sp³-hybridized carbons (Fsp3) is 0.163. The minimum absolute atomic E-state index is 0.0347. The lowest BCUT2D eigenvalue weighted by Crippen LogP contribution is -2.35. The summed E-state index contributed by atoms with van der Waals surface area (Å²) in [6.45, 7) is 4.88. The van der Waals surface area contributed by atoms with Gasteiger partial charge in [-0.05, 0) is 81.2 Å². The first kappa shape index (κ1) is 29.1. The topological polar surface area (TPSA) is 47.9 Å². The highest BCUT2D eigenvalue weighted by atomic mass is 16.5. The molecule has 1 N–H and O–H groups in total. The summed E-state index contributed by atoms with van der Waals surface area (Å²) in [5.41, 5.74) is 9.46. The number of aliphatic hydroxyl groups is 1. The van der Waals surface area contributed by atoms with Crippen LogP contribution in [0.5, 0.6) is 17.2 Å². The third-order valence-corrected chi connectivity index (χ3v) is 9.79. The molecule has 1 aliphatic heterocycles. The maximum Gasteiger partial charge on any atom is 0.178 e. The van der Waals surface area contributed by atoms with Gasteiger partial charge in [0.05, 0.1) is 13.7 Å². The quantitative estimate of drug-likeness (QED) is 0.194. The monoisotopic (exact) mass is 616 g/mol. The number of aliphatic hydroxyl groups excluding tert-OH is 1. The third kappa shape index (κ3) is 4.55. The molecule has 1 aliphatic carbocycles. The van der Waals surface area contributed by atoms with Gasteiger partial charge in [0.1, 0.15) is 23.9 Å². The van der Waals surface area contributed by atoms with E-state index in [1.54, 1.807) is 7.11 Å². The molecule has 8 rings (SSSR count). The third-order valence-electron chi connectivity index (χ3n) is 9.79. The van der Waals surface area contributed by atoms with Crippen LogP contribution in [-0.2, 0) is 11.0 Å². The number of ether oxygens (including phenoxy) is 3. The lowest BCUT2D eigenvalue weighted by molar-refractivity contribution is 0.163. The van der Waals surface area contributed by atoms with Crippen LogP contribution in [-0.4, -0.2) is 25.4 Å². The lowest BCUT2D eigenvalue weighted by Gasteiger charge is -2.38. The molecule has 232 valence electrons. The van der Waals surface area contributed by atoms with Crippen LogP contribution in [0.3, 0.4) is 0 Å². The summed E-state index contributed by atoms with van der Waals surface area (Å²) in [6, 6.07) is 42.2. The maximum atomic E-state index is 9.26. The highest BCUT2D eigenvalue weighted by Gasteiger charge is 2.44. The Balaban J connectivity index is 1.37. The molecule has 6 aromatic rings. The molecule has 0 saturated carbocycles. The molecule has 1 heterocycles. The van der Waals surface area contributed by atoms with E-state index in [9.17, 15) is 5.11 Å². The van der Waals surface area contributed by atoms with Gasteiger partial charge in [-0.25, -0.2) is 0 Å². The summed E-state index contributed by atoms with van der Waals surface area (Å²) in [4.78, 5) is 0. The zero-order valence-corrected chi connectivity index (χ0v) is 26.8. The zero-order chi connectivity index (χ0) is 32.2. The minimum atomic E-state index is -0.885. The van der Waals surface area contributed by atoms with Crippen LogP contribution >= 0.6 is 0 Å². The lowest BCUT2D eigenvalue weighted by atomic mass is 9.76. The Morgan fingerprint density at radius 1 is 0.702 bits per heavy atom. The molecule has 47 heavy (non-hydrogen) atoms. The normalized spacial score (nSPS) is 17.0. The first-order valence-corrected chi connectivity index (χ1v) is 16.1. The molecule has 0 saturated heterocycles. The van der Waals surface area contributed by atoms with E-state index in [2.05, 4.69) is 123 Å². The van der Waals surface area contributed by atoms with Gasteiger partial charge in [0, 0.05) is 27.5 Å². The predicted octanol–water partition coefficient (Wildman–Crippen LogP) is 9.54. The SMILES string of the molecule is COc1ccc2c3c(c4c(c2c1)OC(c1ccccc1)(c1ccc(OCCO)cc1)C=C4)C(C)(C)c1cc(-c2ccccc2)ccc1-3. The van der Waals surface area contributed by atoms with Crippen LogP contribution < -0.4 is 14.2 Å². The largest absolute Gasteiger partial charge is 0.497 e. The predicted molar refractivity (Wildman–Crippen MR) is 189 cm³/mol. The van der Waals surface area contributed by atoms with E-state index in [4.69, 9.17) is 14.2 Å². The molecule has 0 amide bonds. The molecule has 1 unspecified atom stereocenters. The summed E-state index contributed by atoms with van der Waals surface area (Å²) in [5, 5.41) is 11.4. The summed E-state index contributed by atoms with van der Waals surface area (Å²) in [6.07, 6.45) is 4.47. The van der Waals surface area contributed by atoms with Crippen LogP contribution in [0.15, 0.2) is 127 Å². The van der Waals surface area contributed by atoms with Crippen LogP contribution in [0, 0.1) is 0 Å². The smallest absolute Gasteiger partial charge is 0.178 e. The Bertz CT molecular complexity index is 2150. The minimum Gasteiger partial charge on any atom is -0.497 e. The van der Waals surface area contributed by atoms with E-state index in [1.165, 1.54) is 33.4 Å². The summed E-state index contributed by atoms with van der Waals surface area (Å²) < 4.78 is 18.9. The summed E-state index contributed by atoms with van der Waals surface area (Å²) in [5.74, 6) is 2.33. The number of hydrogen-bond acceptors (Lipinski definition) is 4. The van der Waals surface area contributed by atoms with Gasteiger partial charge in [-0.2, -0.15) is 0 Å². The molecular weight excluding hydrogens is 580 g/mol. The number of hydrogen-bond donors (Lipinski definition) is 1. The van der Waals surface area contributed by atoms with Gasteiger partial charge in [-0.3, -0.25) is 0 Å². The molecule has 4 heteroatoms. The van der Waals surface area contributed by atoms with Crippen molar-refractivity contribution in [1.29, 1.82) is 0 Å². The Hall–Kier alpha value is -5.32. The summed E-state index contributed by atoms with van der Waals surface area (Å²) >= 11 is 0. The fourth-order valence-electron chi connectivity index (χ4n) is 7.53. The molecule has 0 radical (unpaired) electrons.